The lowest BCUT2D eigenvalue weighted by Gasteiger charge is -2.28. The second-order valence-electron chi connectivity index (χ2n) is 5.02. The minimum Gasteiger partial charge on any atom is -0.329 e. The van der Waals surface area contributed by atoms with Gasteiger partial charge < -0.3 is 16.4 Å². The van der Waals surface area contributed by atoms with Crippen molar-refractivity contribution in [2.24, 2.45) is 11.1 Å². The monoisotopic (exact) mass is 311 g/mol. The maximum Gasteiger partial charge on any atom is 0.231 e. The molecule has 0 unspecified atom stereocenters. The number of benzene rings is 1. The summed E-state index contributed by atoms with van der Waals surface area (Å²) in [7, 11) is 0. The van der Waals surface area contributed by atoms with E-state index in [0.29, 0.717) is 29.2 Å². The molecule has 0 aliphatic heterocycles. The normalized spacial score (nSPS) is 11.1. The highest BCUT2D eigenvalue weighted by Crippen LogP contribution is 2.30. The first-order chi connectivity index (χ1) is 9.88. The van der Waals surface area contributed by atoms with E-state index in [0.717, 1.165) is 0 Å². The maximum atomic E-state index is 12.4. The lowest BCUT2D eigenvalue weighted by atomic mass is 9.81. The molecule has 2 amide bonds. The van der Waals surface area contributed by atoms with Gasteiger partial charge in [-0.05, 0) is 31.0 Å². The zero-order valence-electron chi connectivity index (χ0n) is 12.6. The smallest absolute Gasteiger partial charge is 0.231 e. The van der Waals surface area contributed by atoms with E-state index in [2.05, 4.69) is 10.6 Å². The topological polar surface area (TPSA) is 84.2 Å². The predicted molar refractivity (Wildman–Crippen MR) is 86.5 cm³/mol. The minimum atomic E-state index is -0.584. The zero-order valence-corrected chi connectivity index (χ0v) is 13.4. The quantitative estimate of drug-likeness (QED) is 0.755. The summed E-state index contributed by atoms with van der Waals surface area (Å²) in [6.07, 6.45) is 1.32. The molecule has 0 aromatic heterocycles. The van der Waals surface area contributed by atoms with Gasteiger partial charge in [0, 0.05) is 19.2 Å². The highest BCUT2D eigenvalue weighted by Gasteiger charge is 2.33. The van der Waals surface area contributed by atoms with E-state index in [-0.39, 0.29) is 18.4 Å². The predicted octanol–water partition coefficient (Wildman–Crippen LogP) is 3.00. The molecular formula is C15H22ClN3O2. The Morgan fingerprint density at radius 2 is 1.86 bits per heavy atom. The summed E-state index contributed by atoms with van der Waals surface area (Å²) in [5.41, 5.74) is 6.27. The Balaban J connectivity index is 2.93. The van der Waals surface area contributed by atoms with E-state index in [4.69, 9.17) is 17.3 Å². The highest BCUT2D eigenvalue weighted by atomic mass is 35.5. The van der Waals surface area contributed by atoms with Crippen molar-refractivity contribution in [3.05, 3.63) is 23.2 Å². The van der Waals surface area contributed by atoms with Crippen molar-refractivity contribution < 1.29 is 9.59 Å². The molecule has 1 aromatic rings. The molecule has 5 nitrogen and oxygen atoms in total. The fraction of sp³-hybridized carbons (Fsp3) is 0.467. The van der Waals surface area contributed by atoms with Crippen LogP contribution in [-0.4, -0.2) is 18.4 Å². The summed E-state index contributed by atoms with van der Waals surface area (Å²) in [5.74, 6) is -0.314. The second-order valence-corrected chi connectivity index (χ2v) is 5.43. The van der Waals surface area contributed by atoms with Crippen molar-refractivity contribution in [3.63, 3.8) is 0 Å². The first kappa shape index (κ1) is 17.5. The number of carbonyl (C=O) groups excluding carboxylic acids is 2. The van der Waals surface area contributed by atoms with Gasteiger partial charge in [-0.2, -0.15) is 0 Å². The van der Waals surface area contributed by atoms with Crippen LogP contribution in [0.15, 0.2) is 18.2 Å². The van der Waals surface area contributed by atoms with Crippen LogP contribution in [0, 0.1) is 5.41 Å². The zero-order chi connectivity index (χ0) is 16.0. The summed E-state index contributed by atoms with van der Waals surface area (Å²) in [6, 6.07) is 4.95. The van der Waals surface area contributed by atoms with Crippen molar-refractivity contribution in [2.75, 3.05) is 17.2 Å². The molecule has 116 valence electrons. The molecule has 21 heavy (non-hydrogen) atoms. The van der Waals surface area contributed by atoms with E-state index < -0.39 is 5.41 Å². The summed E-state index contributed by atoms with van der Waals surface area (Å²) in [6.45, 7) is 5.59. The third kappa shape index (κ3) is 4.19. The SMILES string of the molecule is CCC(CC)(CN)C(=O)Nc1ccc(NC(C)=O)cc1Cl. The average molecular weight is 312 g/mol. The molecule has 0 saturated carbocycles. The lowest BCUT2D eigenvalue weighted by Crippen LogP contribution is -2.41. The molecule has 0 spiro atoms. The van der Waals surface area contributed by atoms with Crippen LogP contribution >= 0.6 is 11.6 Å². The summed E-state index contributed by atoms with van der Waals surface area (Å²) in [4.78, 5) is 23.4. The Morgan fingerprint density at radius 1 is 1.24 bits per heavy atom. The van der Waals surface area contributed by atoms with Crippen LogP contribution in [0.25, 0.3) is 0 Å². The van der Waals surface area contributed by atoms with E-state index in [1.165, 1.54) is 6.92 Å². The van der Waals surface area contributed by atoms with Crippen LogP contribution in [0.1, 0.15) is 33.6 Å². The van der Waals surface area contributed by atoms with E-state index in [1.54, 1.807) is 18.2 Å². The largest absolute Gasteiger partial charge is 0.329 e. The van der Waals surface area contributed by atoms with Gasteiger partial charge in [-0.3, -0.25) is 9.59 Å². The number of anilines is 2. The Hall–Kier alpha value is -1.59. The fourth-order valence-corrected chi connectivity index (χ4v) is 2.33. The maximum absolute atomic E-state index is 12.4. The number of amides is 2. The Kier molecular flexibility index (Phi) is 6.18. The molecule has 4 N–H and O–H groups in total. The molecule has 6 heteroatoms. The number of carbonyl (C=O) groups is 2. The van der Waals surface area contributed by atoms with Crippen LogP contribution < -0.4 is 16.4 Å². The van der Waals surface area contributed by atoms with E-state index >= 15 is 0 Å². The van der Waals surface area contributed by atoms with Crippen LogP contribution in [-0.2, 0) is 9.59 Å². The van der Waals surface area contributed by atoms with Gasteiger partial charge >= 0.3 is 0 Å². The lowest BCUT2D eigenvalue weighted by molar-refractivity contribution is -0.125. The summed E-state index contributed by atoms with van der Waals surface area (Å²) in [5, 5.41) is 5.82. The molecular weight excluding hydrogens is 290 g/mol. The van der Waals surface area contributed by atoms with Crippen molar-refractivity contribution in [3.8, 4) is 0 Å². The van der Waals surface area contributed by atoms with Gasteiger partial charge in [0.2, 0.25) is 11.8 Å². The molecule has 0 fully saturated rings. The van der Waals surface area contributed by atoms with E-state index in [1.807, 2.05) is 13.8 Å². The summed E-state index contributed by atoms with van der Waals surface area (Å²) < 4.78 is 0. The van der Waals surface area contributed by atoms with Crippen LogP contribution in [0.4, 0.5) is 11.4 Å². The van der Waals surface area contributed by atoms with Crippen molar-refractivity contribution in [2.45, 2.75) is 33.6 Å². The first-order valence-electron chi connectivity index (χ1n) is 6.97. The third-order valence-corrected chi connectivity index (χ3v) is 4.08. The molecule has 0 aliphatic carbocycles. The van der Waals surface area contributed by atoms with Gasteiger partial charge in [0.25, 0.3) is 0 Å². The van der Waals surface area contributed by atoms with Crippen molar-refractivity contribution >= 4 is 34.8 Å². The van der Waals surface area contributed by atoms with Gasteiger partial charge in [-0.1, -0.05) is 25.4 Å². The van der Waals surface area contributed by atoms with E-state index in [9.17, 15) is 9.59 Å². The molecule has 0 aliphatic rings. The Bertz CT molecular complexity index is 519. The number of halogens is 1. The average Bonchev–Trinajstić information content (AvgIpc) is 2.44. The highest BCUT2D eigenvalue weighted by molar-refractivity contribution is 6.34. The van der Waals surface area contributed by atoms with Crippen LogP contribution in [0.2, 0.25) is 5.02 Å². The molecule has 0 atom stereocenters. The minimum absolute atomic E-state index is 0.135. The van der Waals surface area contributed by atoms with Crippen LogP contribution in [0.3, 0.4) is 0 Å². The van der Waals surface area contributed by atoms with Crippen molar-refractivity contribution in [1.82, 2.24) is 0 Å². The van der Waals surface area contributed by atoms with Gasteiger partial charge in [-0.25, -0.2) is 0 Å². The number of nitrogens with one attached hydrogen (secondary N) is 2. The third-order valence-electron chi connectivity index (χ3n) is 3.76. The molecule has 0 saturated heterocycles. The van der Waals surface area contributed by atoms with Gasteiger partial charge in [0.15, 0.2) is 0 Å². The Morgan fingerprint density at radius 3 is 2.29 bits per heavy atom. The standard InChI is InChI=1S/C15H22ClN3O2/c1-4-15(5-2,9-17)14(21)19-13-7-6-11(8-12(13)16)18-10(3)20/h6-8H,4-5,9,17H2,1-3H3,(H,18,20)(H,19,21). The number of hydrogen-bond donors (Lipinski definition) is 3. The first-order valence-corrected chi connectivity index (χ1v) is 7.35. The van der Waals surface area contributed by atoms with Gasteiger partial charge in [-0.15, -0.1) is 0 Å². The van der Waals surface area contributed by atoms with Gasteiger partial charge in [0.05, 0.1) is 16.1 Å². The molecule has 1 rings (SSSR count). The van der Waals surface area contributed by atoms with Gasteiger partial charge in [0.1, 0.15) is 0 Å². The number of hydrogen-bond acceptors (Lipinski definition) is 3. The second kappa shape index (κ2) is 7.43. The van der Waals surface area contributed by atoms with Crippen molar-refractivity contribution in [1.29, 1.82) is 0 Å². The molecule has 0 bridgehead atoms. The number of rotatable bonds is 6. The Labute approximate surface area is 130 Å². The molecule has 1 aromatic carbocycles. The fourth-order valence-electron chi connectivity index (χ4n) is 2.10. The summed E-state index contributed by atoms with van der Waals surface area (Å²) >= 11 is 6.14. The molecule has 0 radical (unpaired) electrons. The molecule has 0 heterocycles. The number of nitrogens with two attached hydrogens (primary N) is 1. The van der Waals surface area contributed by atoms with Crippen LogP contribution in [0.5, 0.6) is 0 Å².